The number of hydrogen-bond donors (Lipinski definition) is 0. The van der Waals surface area contributed by atoms with Crippen molar-refractivity contribution in [3.05, 3.63) is 70.8 Å². The summed E-state index contributed by atoms with van der Waals surface area (Å²) < 4.78 is 26.5. The van der Waals surface area contributed by atoms with Crippen LogP contribution < -0.4 is 0 Å². The van der Waals surface area contributed by atoms with E-state index >= 15 is 0 Å². The number of carbonyl (C=O) groups excluding carboxylic acids is 1. The van der Waals surface area contributed by atoms with Crippen LogP contribution in [0.15, 0.2) is 53.4 Å². The molecule has 0 aliphatic carbocycles. The normalized spacial score (nSPS) is 11.9. The predicted molar refractivity (Wildman–Crippen MR) is 118 cm³/mol. The lowest BCUT2D eigenvalue weighted by atomic mass is 10.1. The number of amides is 1. The highest BCUT2D eigenvalue weighted by atomic mass is 32.2. The Bertz CT molecular complexity index is 976. The fraction of sp³-hybridized carbons (Fsp3) is 0.348. The number of rotatable bonds is 8. The van der Waals surface area contributed by atoms with E-state index in [0.717, 1.165) is 11.1 Å². The van der Waals surface area contributed by atoms with Crippen LogP contribution in [0.5, 0.6) is 0 Å². The maximum absolute atomic E-state index is 12.5. The van der Waals surface area contributed by atoms with Crippen molar-refractivity contribution in [2.75, 3.05) is 20.1 Å². The Hall–Kier alpha value is -2.44. The van der Waals surface area contributed by atoms with Crippen LogP contribution in [0, 0.1) is 13.8 Å². The molecule has 2 aromatic carbocycles. The Labute approximate surface area is 174 Å². The highest BCUT2D eigenvalue weighted by Gasteiger charge is 2.20. The van der Waals surface area contributed by atoms with Crippen molar-refractivity contribution < 1.29 is 13.2 Å². The first-order valence-corrected chi connectivity index (χ1v) is 11.2. The average Bonchev–Trinajstić information content (AvgIpc) is 2.69. The van der Waals surface area contributed by atoms with Crippen molar-refractivity contribution >= 4 is 22.0 Å². The SMILES string of the molecule is CCN(CC)S(=O)(=O)c1ccc(/C=C/C(=O)N(C)Cc2ccc(C)cc2C)cc1. The van der Waals surface area contributed by atoms with E-state index in [2.05, 4.69) is 6.07 Å². The number of nitrogens with zero attached hydrogens (tertiary/aromatic N) is 2. The lowest BCUT2D eigenvalue weighted by molar-refractivity contribution is -0.125. The van der Waals surface area contributed by atoms with Crippen molar-refractivity contribution in [2.45, 2.75) is 39.1 Å². The van der Waals surface area contributed by atoms with Gasteiger partial charge in [-0.05, 0) is 48.7 Å². The lowest BCUT2D eigenvalue weighted by Crippen LogP contribution is -2.30. The van der Waals surface area contributed by atoms with Crippen LogP contribution >= 0.6 is 0 Å². The Morgan fingerprint density at radius 2 is 1.62 bits per heavy atom. The summed E-state index contributed by atoms with van der Waals surface area (Å²) in [6.45, 7) is 9.13. The number of benzene rings is 2. The average molecular weight is 415 g/mol. The number of carbonyl (C=O) groups is 1. The minimum absolute atomic E-state index is 0.107. The summed E-state index contributed by atoms with van der Waals surface area (Å²) >= 11 is 0. The molecule has 0 saturated carbocycles. The van der Waals surface area contributed by atoms with Crippen molar-refractivity contribution in [3.8, 4) is 0 Å². The molecule has 0 fully saturated rings. The van der Waals surface area contributed by atoms with Gasteiger partial charge in [-0.1, -0.05) is 49.7 Å². The van der Waals surface area contributed by atoms with E-state index < -0.39 is 10.0 Å². The second-order valence-corrected chi connectivity index (χ2v) is 9.05. The highest BCUT2D eigenvalue weighted by Crippen LogP contribution is 2.17. The Morgan fingerprint density at radius 1 is 1.00 bits per heavy atom. The molecule has 6 heteroatoms. The largest absolute Gasteiger partial charge is 0.338 e. The molecule has 0 spiro atoms. The van der Waals surface area contributed by atoms with Gasteiger partial charge in [0, 0.05) is 32.8 Å². The molecule has 29 heavy (non-hydrogen) atoms. The molecule has 0 unspecified atom stereocenters. The first-order chi connectivity index (χ1) is 13.7. The number of sulfonamides is 1. The molecule has 0 bridgehead atoms. The second-order valence-electron chi connectivity index (χ2n) is 7.12. The molecule has 1 amide bonds. The molecule has 0 aromatic heterocycles. The number of likely N-dealkylation sites (N-methyl/N-ethyl adjacent to an activating group) is 1. The van der Waals surface area contributed by atoms with Gasteiger partial charge in [-0.25, -0.2) is 8.42 Å². The third-order valence-corrected chi connectivity index (χ3v) is 6.99. The molecule has 0 radical (unpaired) electrons. The van der Waals surface area contributed by atoms with Gasteiger partial charge in [-0.3, -0.25) is 4.79 Å². The molecule has 2 rings (SSSR count). The van der Waals surface area contributed by atoms with Gasteiger partial charge in [0.2, 0.25) is 15.9 Å². The van der Waals surface area contributed by atoms with E-state index in [1.54, 1.807) is 42.3 Å². The minimum atomic E-state index is -3.47. The van der Waals surface area contributed by atoms with Crippen LogP contribution in [-0.4, -0.2) is 43.7 Å². The summed E-state index contributed by atoms with van der Waals surface area (Å²) in [6.07, 6.45) is 3.21. The van der Waals surface area contributed by atoms with E-state index in [9.17, 15) is 13.2 Å². The van der Waals surface area contributed by atoms with Crippen LogP contribution in [0.3, 0.4) is 0 Å². The Balaban J connectivity index is 2.06. The van der Waals surface area contributed by atoms with Gasteiger partial charge >= 0.3 is 0 Å². The second kappa shape index (κ2) is 9.85. The first kappa shape index (κ1) is 22.8. The zero-order valence-electron chi connectivity index (χ0n) is 17.8. The molecule has 0 saturated heterocycles. The zero-order valence-corrected chi connectivity index (χ0v) is 18.7. The van der Waals surface area contributed by atoms with Crippen molar-refractivity contribution in [2.24, 2.45) is 0 Å². The smallest absolute Gasteiger partial charge is 0.246 e. The standard InChI is InChI=1S/C23H30N2O3S/c1-6-25(7-2)29(27,28)22-13-9-20(10-14-22)11-15-23(26)24(5)17-21-12-8-18(3)16-19(21)4/h8-16H,6-7,17H2,1-5H3/b15-11+. The summed E-state index contributed by atoms with van der Waals surface area (Å²) in [5.41, 5.74) is 4.26. The lowest BCUT2D eigenvalue weighted by Gasteiger charge is -2.18. The van der Waals surface area contributed by atoms with Crippen LogP contribution in [0.2, 0.25) is 0 Å². The maximum atomic E-state index is 12.5. The van der Waals surface area contributed by atoms with Gasteiger partial charge in [0.1, 0.15) is 0 Å². The van der Waals surface area contributed by atoms with E-state index in [0.29, 0.717) is 19.6 Å². The molecule has 156 valence electrons. The first-order valence-electron chi connectivity index (χ1n) is 9.78. The maximum Gasteiger partial charge on any atom is 0.246 e. The van der Waals surface area contributed by atoms with Gasteiger partial charge < -0.3 is 4.90 Å². The van der Waals surface area contributed by atoms with Gasteiger partial charge in [0.25, 0.3) is 0 Å². The molecule has 5 nitrogen and oxygen atoms in total. The van der Waals surface area contributed by atoms with Crippen LogP contribution in [-0.2, 0) is 21.4 Å². The third-order valence-electron chi connectivity index (χ3n) is 4.92. The third kappa shape index (κ3) is 5.78. The highest BCUT2D eigenvalue weighted by molar-refractivity contribution is 7.89. The van der Waals surface area contributed by atoms with Crippen LogP contribution in [0.4, 0.5) is 0 Å². The predicted octanol–water partition coefficient (Wildman–Crippen LogP) is 4.01. The van der Waals surface area contributed by atoms with Crippen molar-refractivity contribution in [1.82, 2.24) is 9.21 Å². The number of hydrogen-bond acceptors (Lipinski definition) is 3. The van der Waals surface area contributed by atoms with E-state index in [-0.39, 0.29) is 10.8 Å². The Morgan fingerprint density at radius 3 is 2.17 bits per heavy atom. The van der Waals surface area contributed by atoms with Crippen molar-refractivity contribution in [3.63, 3.8) is 0 Å². The van der Waals surface area contributed by atoms with Gasteiger partial charge in [0.15, 0.2) is 0 Å². The monoisotopic (exact) mass is 414 g/mol. The quantitative estimate of drug-likeness (QED) is 0.614. The summed E-state index contributed by atoms with van der Waals surface area (Å²) in [4.78, 5) is 14.3. The summed E-state index contributed by atoms with van der Waals surface area (Å²) in [6, 6.07) is 12.8. The van der Waals surface area contributed by atoms with Crippen LogP contribution in [0.1, 0.15) is 36.1 Å². The van der Waals surface area contributed by atoms with Gasteiger partial charge in [0.05, 0.1) is 4.90 Å². The molecule has 0 atom stereocenters. The van der Waals surface area contributed by atoms with Gasteiger partial charge in [-0.15, -0.1) is 0 Å². The molecular formula is C23H30N2O3S. The number of aryl methyl sites for hydroxylation is 2. The van der Waals surface area contributed by atoms with E-state index in [4.69, 9.17) is 0 Å². The van der Waals surface area contributed by atoms with E-state index in [1.807, 2.05) is 39.8 Å². The minimum Gasteiger partial charge on any atom is -0.338 e. The molecule has 2 aromatic rings. The fourth-order valence-electron chi connectivity index (χ4n) is 3.11. The van der Waals surface area contributed by atoms with Crippen molar-refractivity contribution in [1.29, 1.82) is 0 Å². The molecule has 0 aliphatic rings. The van der Waals surface area contributed by atoms with Crippen LogP contribution in [0.25, 0.3) is 6.08 Å². The topological polar surface area (TPSA) is 57.7 Å². The molecule has 0 N–H and O–H groups in total. The Kier molecular flexibility index (Phi) is 7.76. The summed E-state index contributed by atoms with van der Waals surface area (Å²) in [5, 5.41) is 0. The summed E-state index contributed by atoms with van der Waals surface area (Å²) in [7, 11) is -1.70. The molecular weight excluding hydrogens is 384 g/mol. The zero-order chi connectivity index (χ0) is 21.6. The van der Waals surface area contributed by atoms with Gasteiger partial charge in [-0.2, -0.15) is 4.31 Å². The molecule has 0 aliphatic heterocycles. The van der Waals surface area contributed by atoms with E-state index in [1.165, 1.54) is 21.5 Å². The fourth-order valence-corrected chi connectivity index (χ4v) is 4.57. The summed E-state index contributed by atoms with van der Waals surface area (Å²) in [5.74, 6) is -0.107. The molecule has 0 heterocycles.